The standard InChI is InChI=1S/C37H36N6O4/c1-24-18-34-38-22-29-20-31(27-6-4-3-5-7-27)35(40-36(29)43(34)41-24)28-11-8-25(9-12-28)23-42-16-14-30(15-17-42)47-37(45)39-21-26-10-13-32(44)33(19-26)46-2/h3-13,18-20,22,30,44H,14-17,21,23H2,1-2H3,(H,39,45). The van der Waals surface area contributed by atoms with Crippen LogP contribution in [-0.4, -0.2) is 62.0 Å². The summed E-state index contributed by atoms with van der Waals surface area (Å²) < 4.78 is 12.6. The van der Waals surface area contributed by atoms with E-state index in [2.05, 4.69) is 62.8 Å². The molecule has 0 aliphatic carbocycles. The molecular formula is C37H36N6O4. The Morgan fingerprint density at radius 1 is 0.957 bits per heavy atom. The van der Waals surface area contributed by atoms with E-state index in [0.717, 1.165) is 82.8 Å². The number of aromatic hydroxyl groups is 1. The third-order valence-corrected chi connectivity index (χ3v) is 8.59. The Bertz CT molecular complexity index is 2040. The number of piperidine rings is 1. The number of nitrogens with one attached hydrogen (secondary N) is 1. The molecule has 1 amide bonds. The number of alkyl carbamates (subject to hydrolysis) is 1. The van der Waals surface area contributed by atoms with E-state index in [4.69, 9.17) is 14.5 Å². The van der Waals surface area contributed by atoms with Gasteiger partial charge >= 0.3 is 6.09 Å². The van der Waals surface area contributed by atoms with Crippen LogP contribution in [0.5, 0.6) is 11.5 Å². The van der Waals surface area contributed by atoms with Crippen LogP contribution >= 0.6 is 0 Å². The lowest BCUT2D eigenvalue weighted by atomic mass is 9.97. The number of ether oxygens (including phenoxy) is 2. The Kier molecular flexibility index (Phi) is 8.41. The van der Waals surface area contributed by atoms with Gasteiger partial charge in [0.2, 0.25) is 0 Å². The van der Waals surface area contributed by atoms with Crippen LogP contribution in [0.25, 0.3) is 39.1 Å². The highest BCUT2D eigenvalue weighted by Gasteiger charge is 2.23. The maximum absolute atomic E-state index is 12.4. The summed E-state index contributed by atoms with van der Waals surface area (Å²) in [5.41, 5.74) is 8.56. The second-order valence-electron chi connectivity index (χ2n) is 11.9. The van der Waals surface area contributed by atoms with Gasteiger partial charge in [-0.1, -0.05) is 60.7 Å². The summed E-state index contributed by atoms with van der Waals surface area (Å²) in [5.74, 6) is 0.427. The molecule has 10 nitrogen and oxygen atoms in total. The molecule has 10 heteroatoms. The van der Waals surface area contributed by atoms with Crippen LogP contribution in [0.15, 0.2) is 91.1 Å². The predicted octanol–water partition coefficient (Wildman–Crippen LogP) is 6.52. The number of carbonyl (C=O) groups excluding carboxylic acids is 1. The van der Waals surface area contributed by atoms with E-state index in [1.165, 1.54) is 12.7 Å². The molecule has 0 saturated carbocycles. The van der Waals surface area contributed by atoms with Gasteiger partial charge in [0.1, 0.15) is 6.10 Å². The number of aromatic nitrogens is 4. The van der Waals surface area contributed by atoms with E-state index in [1.807, 2.05) is 41.9 Å². The Balaban J connectivity index is 1.00. The van der Waals surface area contributed by atoms with E-state index in [9.17, 15) is 9.90 Å². The first kappa shape index (κ1) is 30.2. The number of likely N-dealkylation sites (tertiary alicyclic amines) is 1. The van der Waals surface area contributed by atoms with Gasteiger partial charge in [-0.3, -0.25) is 4.90 Å². The number of phenolic OH excluding ortho intramolecular Hbond substituents is 1. The number of amides is 1. The zero-order valence-corrected chi connectivity index (χ0v) is 26.4. The van der Waals surface area contributed by atoms with Crippen LogP contribution in [0.1, 0.15) is 29.7 Å². The quantitative estimate of drug-likeness (QED) is 0.196. The zero-order chi connectivity index (χ0) is 32.3. The fraction of sp³-hybridized carbons (Fsp3) is 0.243. The van der Waals surface area contributed by atoms with Crippen molar-refractivity contribution >= 4 is 22.8 Å². The lowest BCUT2D eigenvalue weighted by Crippen LogP contribution is -2.39. The van der Waals surface area contributed by atoms with Crippen molar-refractivity contribution in [3.05, 3.63) is 108 Å². The molecule has 1 aliphatic rings. The van der Waals surface area contributed by atoms with Crippen molar-refractivity contribution in [2.24, 2.45) is 0 Å². The van der Waals surface area contributed by atoms with Gasteiger partial charge in [0.25, 0.3) is 0 Å². The van der Waals surface area contributed by atoms with Crippen LogP contribution in [-0.2, 0) is 17.8 Å². The van der Waals surface area contributed by atoms with Crippen molar-refractivity contribution < 1.29 is 19.4 Å². The van der Waals surface area contributed by atoms with Crippen LogP contribution in [0, 0.1) is 6.92 Å². The molecular weight excluding hydrogens is 592 g/mol. The van der Waals surface area contributed by atoms with Gasteiger partial charge in [0.15, 0.2) is 22.8 Å². The zero-order valence-electron chi connectivity index (χ0n) is 26.4. The summed E-state index contributed by atoms with van der Waals surface area (Å²) in [6.07, 6.45) is 2.85. The molecule has 47 heavy (non-hydrogen) atoms. The normalized spacial score (nSPS) is 14.0. The molecule has 2 N–H and O–H groups in total. The molecule has 3 aromatic heterocycles. The average molecular weight is 629 g/mol. The lowest BCUT2D eigenvalue weighted by Gasteiger charge is -2.31. The summed E-state index contributed by atoms with van der Waals surface area (Å²) in [5, 5.41) is 18.1. The molecule has 0 bridgehead atoms. The van der Waals surface area contributed by atoms with Crippen molar-refractivity contribution in [1.82, 2.24) is 29.8 Å². The van der Waals surface area contributed by atoms with E-state index in [1.54, 1.807) is 18.2 Å². The predicted molar refractivity (Wildman–Crippen MR) is 180 cm³/mol. The summed E-state index contributed by atoms with van der Waals surface area (Å²) in [7, 11) is 1.49. The number of hydrogen-bond donors (Lipinski definition) is 2. The van der Waals surface area contributed by atoms with E-state index >= 15 is 0 Å². The van der Waals surface area contributed by atoms with Gasteiger partial charge in [-0.25, -0.2) is 14.8 Å². The van der Waals surface area contributed by atoms with Crippen LogP contribution in [0.4, 0.5) is 4.79 Å². The monoisotopic (exact) mass is 628 g/mol. The molecule has 0 unspecified atom stereocenters. The van der Waals surface area contributed by atoms with Crippen molar-refractivity contribution in [2.45, 2.75) is 39.0 Å². The second-order valence-corrected chi connectivity index (χ2v) is 11.9. The maximum atomic E-state index is 12.4. The van der Waals surface area contributed by atoms with Gasteiger partial charge in [0, 0.05) is 55.0 Å². The first-order chi connectivity index (χ1) is 22.9. The fourth-order valence-electron chi connectivity index (χ4n) is 6.12. The van der Waals surface area contributed by atoms with E-state index < -0.39 is 6.09 Å². The molecule has 238 valence electrons. The number of methoxy groups -OCH3 is 1. The number of phenols is 1. The molecule has 7 rings (SSSR count). The number of hydrogen-bond acceptors (Lipinski definition) is 8. The highest BCUT2D eigenvalue weighted by molar-refractivity contribution is 5.90. The minimum absolute atomic E-state index is 0.0603. The number of nitrogens with zero attached hydrogens (tertiary/aromatic N) is 5. The molecule has 6 aromatic rings. The van der Waals surface area contributed by atoms with Crippen molar-refractivity contribution in [3.63, 3.8) is 0 Å². The summed E-state index contributed by atoms with van der Waals surface area (Å²) in [4.78, 5) is 24.6. The topological polar surface area (TPSA) is 114 Å². The molecule has 3 aromatic carbocycles. The first-order valence-corrected chi connectivity index (χ1v) is 15.8. The number of fused-ring (bicyclic) bond motifs is 3. The highest BCUT2D eigenvalue weighted by atomic mass is 16.6. The van der Waals surface area contributed by atoms with Crippen molar-refractivity contribution in [3.8, 4) is 33.9 Å². The van der Waals surface area contributed by atoms with Gasteiger partial charge < -0.3 is 19.9 Å². The number of benzene rings is 3. The average Bonchev–Trinajstić information content (AvgIpc) is 3.49. The number of pyridine rings is 1. The van der Waals surface area contributed by atoms with Gasteiger partial charge in [-0.2, -0.15) is 9.61 Å². The smallest absolute Gasteiger partial charge is 0.407 e. The number of rotatable bonds is 8. The molecule has 1 saturated heterocycles. The molecule has 0 atom stereocenters. The maximum Gasteiger partial charge on any atom is 0.407 e. The van der Waals surface area contributed by atoms with Gasteiger partial charge in [-0.05, 0) is 54.7 Å². The minimum Gasteiger partial charge on any atom is -0.504 e. The fourth-order valence-corrected chi connectivity index (χ4v) is 6.12. The number of aryl methyl sites for hydroxylation is 1. The molecule has 1 aliphatic heterocycles. The first-order valence-electron chi connectivity index (χ1n) is 15.8. The summed E-state index contributed by atoms with van der Waals surface area (Å²) in [6, 6.07) is 28.0. The molecule has 1 fully saturated rings. The third-order valence-electron chi connectivity index (χ3n) is 8.59. The Morgan fingerprint density at radius 3 is 2.49 bits per heavy atom. The van der Waals surface area contributed by atoms with Crippen molar-refractivity contribution in [1.29, 1.82) is 0 Å². The van der Waals surface area contributed by atoms with Crippen molar-refractivity contribution in [2.75, 3.05) is 20.2 Å². The Labute approximate surface area is 272 Å². The summed E-state index contributed by atoms with van der Waals surface area (Å²) >= 11 is 0. The molecule has 0 radical (unpaired) electrons. The third kappa shape index (κ3) is 6.59. The largest absolute Gasteiger partial charge is 0.504 e. The number of carbonyl (C=O) groups is 1. The van der Waals surface area contributed by atoms with E-state index in [-0.39, 0.29) is 18.4 Å². The lowest BCUT2D eigenvalue weighted by molar-refractivity contribution is 0.0485. The summed E-state index contributed by atoms with van der Waals surface area (Å²) in [6.45, 7) is 4.75. The molecule has 0 spiro atoms. The Morgan fingerprint density at radius 2 is 1.72 bits per heavy atom. The molecule has 4 heterocycles. The van der Waals surface area contributed by atoms with Gasteiger partial charge in [0.05, 0.1) is 18.5 Å². The van der Waals surface area contributed by atoms with Gasteiger partial charge in [-0.15, -0.1) is 0 Å². The van der Waals surface area contributed by atoms with Crippen LogP contribution in [0.2, 0.25) is 0 Å². The second kappa shape index (κ2) is 13.1. The SMILES string of the molecule is COc1cc(CNC(=O)OC2CCN(Cc3ccc(-c4nc5c(cnc6cc(C)nn65)cc4-c4ccccc4)cc3)CC2)ccc1O. The highest BCUT2D eigenvalue weighted by Crippen LogP contribution is 2.34. The minimum atomic E-state index is -0.442. The Hall–Kier alpha value is -5.48. The van der Waals surface area contributed by atoms with Crippen LogP contribution < -0.4 is 10.1 Å². The van der Waals surface area contributed by atoms with E-state index in [0.29, 0.717) is 5.75 Å². The van der Waals surface area contributed by atoms with Crippen LogP contribution in [0.3, 0.4) is 0 Å².